The van der Waals surface area contributed by atoms with Crippen LogP contribution in [-0.2, 0) is 6.54 Å². The zero-order valence-electron chi connectivity index (χ0n) is 12.8. The molecule has 2 N–H and O–H groups in total. The first-order valence-electron chi connectivity index (χ1n) is 7.53. The highest BCUT2D eigenvalue weighted by Crippen LogP contribution is 2.27. The Hall–Kier alpha value is -1.61. The number of hydrogen-bond acceptors (Lipinski definition) is 3. The lowest BCUT2D eigenvalue weighted by molar-refractivity contribution is 0.548. The molecule has 0 saturated heterocycles. The van der Waals surface area contributed by atoms with E-state index in [0.717, 1.165) is 24.3 Å². The van der Waals surface area contributed by atoms with Crippen LogP contribution in [0.25, 0.3) is 10.9 Å². The minimum atomic E-state index is 0.485. The van der Waals surface area contributed by atoms with Crippen LogP contribution in [-0.4, -0.2) is 18.1 Å². The van der Waals surface area contributed by atoms with E-state index < -0.39 is 0 Å². The average molecular weight is 271 g/mol. The van der Waals surface area contributed by atoms with E-state index in [9.17, 15) is 0 Å². The number of anilines is 1. The van der Waals surface area contributed by atoms with Crippen LogP contribution in [0.5, 0.6) is 0 Å². The highest BCUT2D eigenvalue weighted by atomic mass is 15.1. The number of fused-ring (bicyclic) bond motifs is 1. The number of pyridine rings is 1. The molecule has 3 nitrogen and oxygen atoms in total. The van der Waals surface area contributed by atoms with Crippen LogP contribution >= 0.6 is 0 Å². The second kappa shape index (κ2) is 6.71. The van der Waals surface area contributed by atoms with Gasteiger partial charge in [-0.05, 0) is 25.0 Å². The number of nitrogens with zero attached hydrogens (tertiary/aromatic N) is 2. The molecule has 1 unspecified atom stereocenters. The molecule has 108 valence electrons. The van der Waals surface area contributed by atoms with E-state index in [-0.39, 0.29) is 0 Å². The van der Waals surface area contributed by atoms with Crippen molar-refractivity contribution in [3.05, 3.63) is 36.0 Å². The Morgan fingerprint density at radius 1 is 1.25 bits per heavy atom. The standard InChI is InChI=1S/C17H25N3/c1-4-13(3)12-20(5-2)17-10-14(11-18)19-16-9-7-6-8-15(16)17/h6-10,13H,4-5,11-12,18H2,1-3H3. The van der Waals surface area contributed by atoms with E-state index in [2.05, 4.69) is 54.9 Å². The monoisotopic (exact) mass is 271 g/mol. The lowest BCUT2D eigenvalue weighted by Gasteiger charge is -2.27. The first-order chi connectivity index (χ1) is 9.69. The van der Waals surface area contributed by atoms with Crippen molar-refractivity contribution in [3.63, 3.8) is 0 Å². The van der Waals surface area contributed by atoms with Crippen molar-refractivity contribution in [1.29, 1.82) is 0 Å². The van der Waals surface area contributed by atoms with Gasteiger partial charge in [-0.1, -0.05) is 38.5 Å². The van der Waals surface area contributed by atoms with Gasteiger partial charge in [0.1, 0.15) is 0 Å². The summed E-state index contributed by atoms with van der Waals surface area (Å²) >= 11 is 0. The molecular formula is C17H25N3. The smallest absolute Gasteiger partial charge is 0.0726 e. The Morgan fingerprint density at radius 3 is 2.65 bits per heavy atom. The van der Waals surface area contributed by atoms with Crippen LogP contribution in [0.3, 0.4) is 0 Å². The van der Waals surface area contributed by atoms with Gasteiger partial charge in [-0.25, -0.2) is 0 Å². The minimum absolute atomic E-state index is 0.485. The molecule has 0 bridgehead atoms. The van der Waals surface area contributed by atoms with E-state index in [1.54, 1.807) is 0 Å². The molecule has 2 rings (SSSR count). The molecule has 0 spiro atoms. The predicted octanol–water partition coefficient (Wildman–Crippen LogP) is 3.57. The molecule has 1 atom stereocenters. The number of aromatic nitrogens is 1. The van der Waals surface area contributed by atoms with Crippen molar-refractivity contribution in [2.75, 3.05) is 18.0 Å². The zero-order valence-corrected chi connectivity index (χ0v) is 12.8. The van der Waals surface area contributed by atoms with Crippen LogP contribution in [0.2, 0.25) is 0 Å². The second-order valence-electron chi connectivity index (χ2n) is 5.41. The molecule has 20 heavy (non-hydrogen) atoms. The number of para-hydroxylation sites is 1. The summed E-state index contributed by atoms with van der Waals surface area (Å²) in [5.41, 5.74) is 9.06. The summed E-state index contributed by atoms with van der Waals surface area (Å²) in [5, 5.41) is 1.22. The zero-order chi connectivity index (χ0) is 14.5. The van der Waals surface area contributed by atoms with Crippen LogP contribution in [0.1, 0.15) is 32.9 Å². The van der Waals surface area contributed by atoms with Crippen molar-refractivity contribution in [3.8, 4) is 0 Å². The van der Waals surface area contributed by atoms with Gasteiger partial charge in [0.25, 0.3) is 0 Å². The fraction of sp³-hybridized carbons (Fsp3) is 0.471. The molecule has 1 aromatic heterocycles. The third-order valence-corrected chi connectivity index (χ3v) is 3.91. The average Bonchev–Trinajstić information content (AvgIpc) is 2.51. The molecule has 0 amide bonds. The first-order valence-corrected chi connectivity index (χ1v) is 7.53. The van der Waals surface area contributed by atoms with Crippen LogP contribution in [0.4, 0.5) is 5.69 Å². The summed E-state index contributed by atoms with van der Waals surface area (Å²) in [6, 6.07) is 10.5. The van der Waals surface area contributed by atoms with Gasteiger partial charge in [-0.3, -0.25) is 4.98 Å². The fourth-order valence-corrected chi connectivity index (χ4v) is 2.48. The molecule has 2 aromatic rings. The van der Waals surface area contributed by atoms with E-state index in [1.165, 1.54) is 17.5 Å². The van der Waals surface area contributed by atoms with Gasteiger partial charge in [0.15, 0.2) is 0 Å². The second-order valence-corrected chi connectivity index (χ2v) is 5.41. The first kappa shape index (κ1) is 14.8. The molecule has 3 heteroatoms. The van der Waals surface area contributed by atoms with Gasteiger partial charge in [0, 0.05) is 30.7 Å². The molecule has 0 fully saturated rings. The number of benzene rings is 1. The molecule has 1 heterocycles. The fourth-order valence-electron chi connectivity index (χ4n) is 2.48. The lowest BCUT2D eigenvalue weighted by Crippen LogP contribution is -2.28. The summed E-state index contributed by atoms with van der Waals surface area (Å²) < 4.78 is 0. The molecule has 0 saturated carbocycles. The molecule has 1 aromatic carbocycles. The lowest BCUT2D eigenvalue weighted by atomic mass is 10.1. The maximum absolute atomic E-state index is 5.80. The molecule has 0 aliphatic carbocycles. The Morgan fingerprint density at radius 2 is 2.00 bits per heavy atom. The normalized spacial score (nSPS) is 12.6. The summed E-state index contributed by atoms with van der Waals surface area (Å²) in [7, 11) is 0. The van der Waals surface area contributed by atoms with Crippen LogP contribution in [0.15, 0.2) is 30.3 Å². The Labute approximate surface area is 121 Å². The van der Waals surface area contributed by atoms with E-state index in [1.807, 2.05) is 6.07 Å². The number of rotatable bonds is 6. The third kappa shape index (κ3) is 3.10. The minimum Gasteiger partial charge on any atom is -0.371 e. The maximum Gasteiger partial charge on any atom is 0.0726 e. The van der Waals surface area contributed by atoms with Gasteiger partial charge in [-0.2, -0.15) is 0 Å². The van der Waals surface area contributed by atoms with Crippen molar-refractivity contribution in [1.82, 2.24) is 4.98 Å². The van der Waals surface area contributed by atoms with Gasteiger partial charge in [0.2, 0.25) is 0 Å². The number of hydrogen-bond donors (Lipinski definition) is 1. The topological polar surface area (TPSA) is 42.1 Å². The highest BCUT2D eigenvalue weighted by Gasteiger charge is 2.13. The third-order valence-electron chi connectivity index (χ3n) is 3.91. The summed E-state index contributed by atoms with van der Waals surface area (Å²) in [6.07, 6.45) is 1.20. The number of nitrogens with two attached hydrogens (primary N) is 1. The SMILES string of the molecule is CCC(C)CN(CC)c1cc(CN)nc2ccccc12. The molecule has 0 aliphatic heterocycles. The van der Waals surface area contributed by atoms with E-state index >= 15 is 0 Å². The molecule has 0 radical (unpaired) electrons. The Kier molecular flexibility index (Phi) is 4.96. The molecular weight excluding hydrogens is 246 g/mol. The van der Waals surface area contributed by atoms with Crippen molar-refractivity contribution in [2.45, 2.75) is 33.7 Å². The van der Waals surface area contributed by atoms with Gasteiger partial charge in [-0.15, -0.1) is 0 Å². The van der Waals surface area contributed by atoms with Crippen molar-refractivity contribution < 1.29 is 0 Å². The van der Waals surface area contributed by atoms with Crippen LogP contribution in [0, 0.1) is 5.92 Å². The van der Waals surface area contributed by atoms with Gasteiger partial charge >= 0.3 is 0 Å². The maximum atomic E-state index is 5.80. The summed E-state index contributed by atoms with van der Waals surface area (Å²) in [6.45, 7) is 9.32. The summed E-state index contributed by atoms with van der Waals surface area (Å²) in [5.74, 6) is 0.684. The Bertz CT molecular complexity index is 565. The van der Waals surface area contributed by atoms with E-state index in [0.29, 0.717) is 12.5 Å². The van der Waals surface area contributed by atoms with Crippen molar-refractivity contribution in [2.24, 2.45) is 11.7 Å². The quantitative estimate of drug-likeness (QED) is 0.873. The van der Waals surface area contributed by atoms with Crippen LogP contribution < -0.4 is 10.6 Å². The van der Waals surface area contributed by atoms with Gasteiger partial charge in [0.05, 0.1) is 11.2 Å². The largest absolute Gasteiger partial charge is 0.371 e. The Balaban J connectivity index is 2.49. The van der Waals surface area contributed by atoms with Crippen molar-refractivity contribution >= 4 is 16.6 Å². The summed E-state index contributed by atoms with van der Waals surface area (Å²) in [4.78, 5) is 7.06. The van der Waals surface area contributed by atoms with Gasteiger partial charge < -0.3 is 10.6 Å². The predicted molar refractivity (Wildman–Crippen MR) is 87.0 cm³/mol. The molecule has 0 aliphatic rings. The highest BCUT2D eigenvalue weighted by molar-refractivity contribution is 5.92. The van der Waals surface area contributed by atoms with E-state index in [4.69, 9.17) is 5.73 Å².